The number of aromatic carboxylic acids is 1. The van der Waals surface area contributed by atoms with Gasteiger partial charge in [-0.1, -0.05) is 28.1 Å². The fourth-order valence-electron chi connectivity index (χ4n) is 2.63. The molecule has 3 rings (SSSR count). The molecule has 122 valence electrons. The standard InChI is InChI=1S/C14H11BrF3N3O2/c15-8-3-1-7(2-4-8)10-5-11(14(16,17)18)21-12(20-10)9(6-19-21)13(22)23/h1-4,6,10-11,20H,5H2,(H,22,23)/p-1/t10-,11+/m0/s1. The van der Waals surface area contributed by atoms with Crippen LogP contribution < -0.4 is 10.4 Å². The average molecular weight is 389 g/mol. The summed E-state index contributed by atoms with van der Waals surface area (Å²) >= 11 is 3.26. The fraction of sp³-hybridized carbons (Fsp3) is 0.286. The third-order valence-electron chi connectivity index (χ3n) is 3.73. The second kappa shape index (κ2) is 5.55. The molecule has 2 heterocycles. The summed E-state index contributed by atoms with van der Waals surface area (Å²) in [6.45, 7) is 0. The number of carboxylic acids is 1. The van der Waals surface area contributed by atoms with E-state index in [-0.39, 0.29) is 17.8 Å². The average Bonchev–Trinajstić information content (AvgIpc) is 2.89. The van der Waals surface area contributed by atoms with E-state index >= 15 is 0 Å². The Morgan fingerprint density at radius 3 is 2.57 bits per heavy atom. The van der Waals surface area contributed by atoms with Crippen molar-refractivity contribution >= 4 is 27.7 Å². The molecule has 1 aromatic heterocycles. The van der Waals surface area contributed by atoms with Gasteiger partial charge in [0.25, 0.3) is 0 Å². The maximum atomic E-state index is 13.3. The van der Waals surface area contributed by atoms with E-state index in [4.69, 9.17) is 0 Å². The summed E-state index contributed by atoms with van der Waals surface area (Å²) in [5, 5.41) is 17.5. The van der Waals surface area contributed by atoms with Gasteiger partial charge in [-0.2, -0.15) is 18.3 Å². The maximum Gasteiger partial charge on any atom is 0.410 e. The first-order valence-corrected chi connectivity index (χ1v) is 7.44. The lowest BCUT2D eigenvalue weighted by Crippen LogP contribution is -2.36. The number of alkyl halides is 3. The van der Waals surface area contributed by atoms with Crippen molar-refractivity contribution in [1.29, 1.82) is 0 Å². The van der Waals surface area contributed by atoms with Gasteiger partial charge in [-0.15, -0.1) is 0 Å². The Morgan fingerprint density at radius 1 is 1.35 bits per heavy atom. The topological polar surface area (TPSA) is 70.0 Å². The van der Waals surface area contributed by atoms with Gasteiger partial charge in [0, 0.05) is 10.9 Å². The van der Waals surface area contributed by atoms with Gasteiger partial charge in [0.1, 0.15) is 5.82 Å². The van der Waals surface area contributed by atoms with Gasteiger partial charge in [0.2, 0.25) is 0 Å². The highest BCUT2D eigenvalue weighted by Crippen LogP contribution is 2.44. The molecule has 2 aromatic rings. The number of carboxylic acid groups (broad SMARTS) is 1. The first-order valence-electron chi connectivity index (χ1n) is 6.65. The molecule has 0 fully saturated rings. The van der Waals surface area contributed by atoms with E-state index in [9.17, 15) is 23.1 Å². The monoisotopic (exact) mass is 388 g/mol. The van der Waals surface area contributed by atoms with Crippen molar-refractivity contribution in [2.24, 2.45) is 0 Å². The number of aromatic nitrogens is 2. The maximum absolute atomic E-state index is 13.3. The van der Waals surface area contributed by atoms with E-state index in [1.165, 1.54) is 0 Å². The van der Waals surface area contributed by atoms with Crippen LogP contribution in [0.3, 0.4) is 0 Å². The van der Waals surface area contributed by atoms with Crippen molar-refractivity contribution in [2.45, 2.75) is 24.7 Å². The molecule has 0 amide bonds. The van der Waals surface area contributed by atoms with Crippen LogP contribution in [0, 0.1) is 0 Å². The summed E-state index contributed by atoms with van der Waals surface area (Å²) in [5.41, 5.74) is 0.236. The zero-order valence-corrected chi connectivity index (χ0v) is 13.1. The Labute approximate surface area is 137 Å². The number of carbonyl (C=O) groups is 1. The normalized spacial score (nSPS) is 20.7. The molecule has 1 aliphatic heterocycles. The van der Waals surface area contributed by atoms with Crippen LogP contribution in [0.2, 0.25) is 0 Å². The third kappa shape index (κ3) is 2.92. The Bertz CT molecular complexity index is 743. The lowest BCUT2D eigenvalue weighted by molar-refractivity contribution is -0.255. The van der Waals surface area contributed by atoms with E-state index in [1.54, 1.807) is 24.3 Å². The van der Waals surface area contributed by atoms with Gasteiger partial charge < -0.3 is 15.2 Å². The quantitative estimate of drug-likeness (QED) is 0.858. The first kappa shape index (κ1) is 15.9. The molecular weight excluding hydrogens is 379 g/mol. The van der Waals surface area contributed by atoms with Crippen LogP contribution in [-0.2, 0) is 0 Å². The Balaban J connectivity index is 2.05. The molecule has 0 unspecified atom stereocenters. The largest absolute Gasteiger partial charge is 0.545 e. The highest BCUT2D eigenvalue weighted by molar-refractivity contribution is 9.10. The predicted molar refractivity (Wildman–Crippen MR) is 76.8 cm³/mol. The molecule has 1 N–H and O–H groups in total. The Hall–Kier alpha value is -2.03. The number of anilines is 1. The number of hydrogen-bond acceptors (Lipinski definition) is 4. The molecule has 0 radical (unpaired) electrons. The Kier molecular flexibility index (Phi) is 3.83. The van der Waals surface area contributed by atoms with Crippen LogP contribution in [0.5, 0.6) is 0 Å². The zero-order chi connectivity index (χ0) is 16.8. The van der Waals surface area contributed by atoms with Crippen LogP contribution in [0.4, 0.5) is 19.0 Å². The summed E-state index contributed by atoms with van der Waals surface area (Å²) in [7, 11) is 0. The summed E-state index contributed by atoms with van der Waals surface area (Å²) < 4.78 is 41.4. The number of carbonyl (C=O) groups excluding carboxylic acids is 1. The van der Waals surface area contributed by atoms with E-state index in [0.717, 1.165) is 10.7 Å². The van der Waals surface area contributed by atoms with Gasteiger partial charge in [0.05, 0.1) is 23.8 Å². The second-order valence-electron chi connectivity index (χ2n) is 5.18. The predicted octanol–water partition coefficient (Wildman–Crippen LogP) is 2.67. The zero-order valence-electron chi connectivity index (χ0n) is 11.5. The number of benzene rings is 1. The van der Waals surface area contributed by atoms with Gasteiger partial charge >= 0.3 is 6.18 Å². The van der Waals surface area contributed by atoms with Gasteiger partial charge in [0.15, 0.2) is 6.04 Å². The molecule has 1 aliphatic rings. The molecule has 5 nitrogen and oxygen atoms in total. The molecule has 2 atom stereocenters. The molecule has 0 bridgehead atoms. The lowest BCUT2D eigenvalue weighted by atomic mass is 9.96. The summed E-state index contributed by atoms with van der Waals surface area (Å²) in [4.78, 5) is 11.1. The third-order valence-corrected chi connectivity index (χ3v) is 4.26. The minimum absolute atomic E-state index is 0.188. The van der Waals surface area contributed by atoms with E-state index in [1.807, 2.05) is 0 Å². The van der Waals surface area contributed by atoms with Crippen molar-refractivity contribution in [2.75, 3.05) is 5.32 Å². The molecular formula is C14H10BrF3N3O2-. The lowest BCUT2D eigenvalue weighted by Gasteiger charge is -2.34. The van der Waals surface area contributed by atoms with Crippen LogP contribution in [0.25, 0.3) is 0 Å². The second-order valence-corrected chi connectivity index (χ2v) is 6.10. The van der Waals surface area contributed by atoms with Crippen molar-refractivity contribution < 1.29 is 23.1 Å². The van der Waals surface area contributed by atoms with Crippen LogP contribution in [0.1, 0.15) is 34.4 Å². The van der Waals surface area contributed by atoms with Crippen molar-refractivity contribution in [1.82, 2.24) is 9.78 Å². The Morgan fingerprint density at radius 2 is 2.00 bits per heavy atom. The molecule has 0 aliphatic carbocycles. The number of halogens is 4. The van der Waals surface area contributed by atoms with Crippen LogP contribution >= 0.6 is 15.9 Å². The number of hydrogen-bond donors (Lipinski definition) is 1. The summed E-state index contributed by atoms with van der Waals surface area (Å²) in [6.07, 6.45) is -3.95. The van der Waals surface area contributed by atoms with Gasteiger partial charge in [-0.3, -0.25) is 0 Å². The number of rotatable bonds is 2. The van der Waals surface area contributed by atoms with E-state index in [2.05, 4.69) is 26.3 Å². The van der Waals surface area contributed by atoms with Gasteiger partial charge in [-0.05, 0) is 17.7 Å². The molecule has 23 heavy (non-hydrogen) atoms. The summed E-state index contributed by atoms with van der Waals surface area (Å²) in [6, 6.07) is 4.20. The minimum Gasteiger partial charge on any atom is -0.545 e. The number of fused-ring (bicyclic) bond motifs is 1. The molecule has 1 aromatic carbocycles. The molecule has 0 saturated carbocycles. The van der Waals surface area contributed by atoms with Crippen LogP contribution in [-0.4, -0.2) is 21.9 Å². The molecule has 0 spiro atoms. The molecule has 0 saturated heterocycles. The summed E-state index contributed by atoms with van der Waals surface area (Å²) in [5.74, 6) is -1.76. The van der Waals surface area contributed by atoms with E-state index in [0.29, 0.717) is 10.2 Å². The number of nitrogens with zero attached hydrogens (tertiary/aromatic N) is 2. The fourth-order valence-corrected chi connectivity index (χ4v) is 2.89. The van der Waals surface area contributed by atoms with Crippen LogP contribution in [0.15, 0.2) is 34.9 Å². The highest BCUT2D eigenvalue weighted by atomic mass is 79.9. The van der Waals surface area contributed by atoms with Crippen molar-refractivity contribution in [3.05, 3.63) is 46.1 Å². The molecule has 9 heteroatoms. The first-order chi connectivity index (χ1) is 10.8. The van der Waals surface area contributed by atoms with Gasteiger partial charge in [-0.25, -0.2) is 4.68 Å². The van der Waals surface area contributed by atoms with Crippen molar-refractivity contribution in [3.8, 4) is 0 Å². The number of nitrogens with one attached hydrogen (secondary N) is 1. The minimum atomic E-state index is -4.54. The SMILES string of the molecule is O=C([O-])c1cnn2c1N[C@H](c1ccc(Br)cc1)C[C@@H]2C(F)(F)F. The van der Waals surface area contributed by atoms with Crippen molar-refractivity contribution in [3.63, 3.8) is 0 Å². The highest BCUT2D eigenvalue weighted by Gasteiger charge is 2.46. The van der Waals surface area contributed by atoms with E-state index < -0.39 is 24.2 Å². The smallest absolute Gasteiger partial charge is 0.410 e.